The summed E-state index contributed by atoms with van der Waals surface area (Å²) in [5, 5.41) is 0. The van der Waals surface area contributed by atoms with Crippen molar-refractivity contribution in [2.75, 3.05) is 0 Å². The molecule has 0 spiro atoms. The molecular weight excluding hydrogens is 752 g/mol. The molecule has 0 atom stereocenters. The number of hydrogen-bond donors (Lipinski definition) is 2. The van der Waals surface area contributed by atoms with E-state index >= 15 is 0 Å². The van der Waals surface area contributed by atoms with Crippen molar-refractivity contribution in [2.45, 2.75) is 53.9 Å². The number of nitrogens with one attached hydrogen (secondary N) is 2. The van der Waals surface area contributed by atoms with Crippen molar-refractivity contribution in [3.05, 3.63) is 96.6 Å². The van der Waals surface area contributed by atoms with Crippen LogP contribution < -0.4 is 18.3 Å². The molecule has 0 radical (unpaired) electrons. The number of nitrogens with zero attached hydrogens (tertiary/aromatic N) is 10. The number of aromatic nitrogens is 12. The molecule has 0 saturated heterocycles. The van der Waals surface area contributed by atoms with E-state index in [1.54, 1.807) is 0 Å². The minimum absolute atomic E-state index is 0. The Morgan fingerprint density at radius 2 is 0.649 bits per heavy atom. The number of H-pyrrole nitrogens is 2. The van der Waals surface area contributed by atoms with Gasteiger partial charge in [0.15, 0.2) is 0 Å². The van der Waals surface area contributed by atoms with Crippen molar-refractivity contribution < 1.29 is 35.3 Å². The zero-order valence-electron chi connectivity index (χ0n) is 33.9. The molecule has 2 N–H and O–H groups in total. The molecule has 0 amide bonds. The molecular formula is C44H50MnN12+7. The van der Waals surface area contributed by atoms with Gasteiger partial charge < -0.3 is 9.97 Å². The van der Waals surface area contributed by atoms with Gasteiger partial charge in [-0.1, -0.05) is 0 Å². The normalized spacial score (nSPS) is 12.2. The van der Waals surface area contributed by atoms with E-state index in [2.05, 4.69) is 201 Å². The van der Waals surface area contributed by atoms with E-state index in [0.717, 1.165) is 117 Å². The van der Waals surface area contributed by atoms with Gasteiger partial charge in [0.1, 0.15) is 71.8 Å². The summed E-state index contributed by atoms with van der Waals surface area (Å²) in [7, 11) is 8.43. The van der Waals surface area contributed by atoms with Crippen LogP contribution in [0.3, 0.4) is 0 Å². The summed E-state index contributed by atoms with van der Waals surface area (Å²) in [5.41, 5.74) is 11.6. The Morgan fingerprint density at radius 1 is 0.421 bits per heavy atom. The van der Waals surface area contributed by atoms with Gasteiger partial charge in [-0.15, -0.1) is 0 Å². The van der Waals surface area contributed by atoms with E-state index in [0.29, 0.717) is 0 Å². The first-order chi connectivity index (χ1) is 27.2. The first-order valence-electron chi connectivity index (χ1n) is 19.6. The van der Waals surface area contributed by atoms with Crippen LogP contribution >= 0.6 is 0 Å². The molecule has 9 heterocycles. The molecule has 0 saturated carbocycles. The maximum atomic E-state index is 5.54. The standard InChI is InChI=1S/C44H49N12.Mn/c1-9-53-25-21-49(5)41(53)37-29-13-15-31(45-29)38(42-50(6)22-26-54(42)10-2)33-17-19-35(47-33)40(44-52(8)24-28-56(44)12-4)36-20-18-34(48-36)39(32-16-14-30(37)46-32)43-51(7)23-27-55(43)11-3;/h13-28H,9-12H2,1-8H3,(H,45,46,47,48);/q2*+3/p+1. The minimum atomic E-state index is 0. The zero-order valence-corrected chi connectivity index (χ0v) is 35.1. The molecule has 0 aromatic carbocycles. The van der Waals surface area contributed by atoms with Crippen LogP contribution in [0.2, 0.25) is 0 Å². The Hall–Kier alpha value is -6.04. The molecule has 7 aromatic rings. The number of aryl methyl sites for hydroxylation is 8. The Morgan fingerprint density at radius 3 is 0.860 bits per heavy atom. The monoisotopic (exact) mass is 801 g/mol. The van der Waals surface area contributed by atoms with Gasteiger partial charge in [-0.25, -0.2) is 46.5 Å². The molecule has 0 unspecified atom stereocenters. The average molecular weight is 802 g/mol. The third-order valence-corrected chi connectivity index (χ3v) is 11.3. The average Bonchev–Trinajstić information content (AvgIpc) is 4.06. The van der Waals surface area contributed by atoms with E-state index in [9.17, 15) is 0 Å². The van der Waals surface area contributed by atoms with Gasteiger partial charge in [0.05, 0.1) is 99.2 Å². The number of hydrogen-bond acceptors (Lipinski definition) is 2. The Labute approximate surface area is 342 Å². The first kappa shape index (κ1) is 37.9. The molecule has 12 nitrogen and oxygen atoms in total. The van der Waals surface area contributed by atoms with Crippen LogP contribution in [0.4, 0.5) is 0 Å². The van der Waals surface area contributed by atoms with Crippen LogP contribution in [-0.2, 0) is 71.4 Å². The van der Waals surface area contributed by atoms with Crippen LogP contribution in [0.5, 0.6) is 0 Å². The maximum Gasteiger partial charge on any atom is 3.00 e. The van der Waals surface area contributed by atoms with E-state index in [1.165, 1.54) is 0 Å². The van der Waals surface area contributed by atoms with Gasteiger partial charge in [0.2, 0.25) is 0 Å². The Bertz CT molecular complexity index is 2540. The predicted molar refractivity (Wildman–Crippen MR) is 220 cm³/mol. The quantitative estimate of drug-likeness (QED) is 0.148. The fourth-order valence-corrected chi connectivity index (χ4v) is 8.54. The second-order valence-electron chi connectivity index (χ2n) is 14.6. The molecule has 0 fully saturated rings. The second kappa shape index (κ2) is 14.8. The van der Waals surface area contributed by atoms with E-state index in [-0.39, 0.29) is 17.1 Å². The zero-order chi connectivity index (χ0) is 38.8. The Balaban J connectivity index is 0.00000455. The van der Waals surface area contributed by atoms with E-state index in [1.807, 2.05) is 0 Å². The van der Waals surface area contributed by atoms with Crippen LogP contribution in [-0.4, -0.2) is 38.2 Å². The second-order valence-corrected chi connectivity index (χ2v) is 14.6. The van der Waals surface area contributed by atoms with E-state index < -0.39 is 0 Å². The van der Waals surface area contributed by atoms with Crippen molar-refractivity contribution in [1.82, 2.24) is 38.2 Å². The summed E-state index contributed by atoms with van der Waals surface area (Å²) in [5.74, 6) is 4.28. The summed E-state index contributed by atoms with van der Waals surface area (Å²) < 4.78 is 17.9. The third-order valence-electron chi connectivity index (χ3n) is 11.3. The largest absolute Gasteiger partial charge is 3.00 e. The number of fused-ring (bicyclic) bond motifs is 8. The fourth-order valence-electron chi connectivity index (χ4n) is 8.54. The summed E-state index contributed by atoms with van der Waals surface area (Å²) in [4.78, 5) is 18.9. The molecule has 2 aliphatic rings. The smallest absolute Gasteiger partial charge is 0.354 e. The minimum Gasteiger partial charge on any atom is -0.354 e. The van der Waals surface area contributed by atoms with Gasteiger partial charge in [0.25, 0.3) is 23.3 Å². The maximum absolute atomic E-state index is 5.54. The van der Waals surface area contributed by atoms with Crippen molar-refractivity contribution in [2.24, 2.45) is 28.2 Å². The molecule has 0 aliphatic carbocycles. The molecule has 9 rings (SSSR count). The summed E-state index contributed by atoms with van der Waals surface area (Å²) in [6.07, 6.45) is 25.7. The molecule has 8 bridgehead atoms. The number of aromatic amines is 2. The van der Waals surface area contributed by atoms with Crippen LogP contribution in [0.15, 0.2) is 73.8 Å². The van der Waals surface area contributed by atoms with Crippen LogP contribution in [0.25, 0.3) is 91.9 Å². The van der Waals surface area contributed by atoms with Crippen LogP contribution in [0.1, 0.15) is 50.5 Å². The predicted octanol–water partition coefficient (Wildman–Crippen LogP) is 5.90. The molecule has 286 valence electrons. The van der Waals surface area contributed by atoms with Crippen molar-refractivity contribution in [1.29, 1.82) is 0 Å². The summed E-state index contributed by atoms with van der Waals surface area (Å²) in [6, 6.07) is 8.79. The number of rotatable bonds is 8. The molecule has 13 heteroatoms. The molecule has 2 aliphatic heterocycles. The summed E-state index contributed by atoms with van der Waals surface area (Å²) in [6.45, 7) is 12.0. The van der Waals surface area contributed by atoms with Gasteiger partial charge >= 0.3 is 17.1 Å². The Kier molecular flexibility index (Phi) is 9.83. The number of imidazole rings is 4. The van der Waals surface area contributed by atoms with Crippen molar-refractivity contribution >= 4 is 46.4 Å². The third kappa shape index (κ3) is 6.04. The molecule has 57 heavy (non-hydrogen) atoms. The van der Waals surface area contributed by atoms with Gasteiger partial charge in [-0.3, -0.25) is 0 Å². The molecule has 7 aromatic heterocycles. The van der Waals surface area contributed by atoms with Gasteiger partial charge in [-0.05, 0) is 76.3 Å². The SMILES string of the molecule is CC[n+]1ccn(C)c1-c1c2nc(c(-c3n(C)cc[n+]3CC)c3ccc([nH]3)c(-c3n(C)cc[n+]3CC)c3nc(c(-c4n(C)cc[n+]4CC)c4ccc1[nH]4)C=C3)C=C2.[Mn+3]. The van der Waals surface area contributed by atoms with E-state index in [4.69, 9.17) is 9.97 Å². The summed E-state index contributed by atoms with van der Waals surface area (Å²) >= 11 is 0. The van der Waals surface area contributed by atoms with Gasteiger partial charge in [0, 0.05) is 0 Å². The van der Waals surface area contributed by atoms with Crippen LogP contribution in [0, 0.1) is 0 Å². The van der Waals surface area contributed by atoms with Crippen molar-refractivity contribution in [3.63, 3.8) is 0 Å². The fraction of sp³-hybridized carbons (Fsp3) is 0.273. The van der Waals surface area contributed by atoms with Gasteiger partial charge in [-0.2, -0.15) is 0 Å². The topological polar surface area (TPSA) is 92.6 Å². The van der Waals surface area contributed by atoms with Crippen molar-refractivity contribution in [3.8, 4) is 45.6 Å². The first-order valence-corrected chi connectivity index (χ1v) is 19.6.